The van der Waals surface area contributed by atoms with Crippen LogP contribution in [0, 0.1) is 10.1 Å². The van der Waals surface area contributed by atoms with E-state index >= 15 is 0 Å². The second-order valence-electron chi connectivity index (χ2n) is 4.95. The molecular formula is C13H20N4O3. The number of hydrogen-bond acceptors (Lipinski definition) is 6. The Hall–Kier alpha value is -1.70. The maximum Gasteiger partial charge on any atom is 0.292 e. The van der Waals surface area contributed by atoms with Gasteiger partial charge in [-0.1, -0.05) is 12.1 Å². The molecule has 0 bridgehead atoms. The monoisotopic (exact) mass is 280 g/mol. The average Bonchev–Trinajstić information content (AvgIpc) is 2.43. The molecule has 2 rings (SSSR count). The first-order valence-corrected chi connectivity index (χ1v) is 6.69. The van der Waals surface area contributed by atoms with Gasteiger partial charge in [0, 0.05) is 45.3 Å². The number of para-hydroxylation sites is 1. The summed E-state index contributed by atoms with van der Waals surface area (Å²) >= 11 is 0. The van der Waals surface area contributed by atoms with E-state index in [2.05, 4.69) is 9.80 Å². The van der Waals surface area contributed by atoms with Crippen LogP contribution in [-0.2, 0) is 6.54 Å². The number of nitrogen functional groups attached to an aromatic ring is 1. The van der Waals surface area contributed by atoms with Crippen molar-refractivity contribution in [2.45, 2.75) is 6.54 Å². The molecule has 1 heterocycles. The van der Waals surface area contributed by atoms with Crippen LogP contribution >= 0.6 is 0 Å². The van der Waals surface area contributed by atoms with Crippen LogP contribution in [0.2, 0.25) is 0 Å². The molecule has 0 aliphatic carbocycles. The SMILES string of the molecule is Nc1c(CN2CCN(CCO)CC2)cccc1[N+](=O)[O-]. The Morgan fingerprint density at radius 1 is 1.25 bits per heavy atom. The maximum absolute atomic E-state index is 10.9. The number of piperazine rings is 1. The largest absolute Gasteiger partial charge is 0.395 e. The lowest BCUT2D eigenvalue weighted by molar-refractivity contribution is -0.384. The molecule has 0 unspecified atom stereocenters. The molecule has 1 saturated heterocycles. The summed E-state index contributed by atoms with van der Waals surface area (Å²) in [4.78, 5) is 14.8. The zero-order valence-corrected chi connectivity index (χ0v) is 11.4. The molecule has 0 amide bonds. The first-order valence-electron chi connectivity index (χ1n) is 6.69. The van der Waals surface area contributed by atoms with Crippen molar-refractivity contribution >= 4 is 11.4 Å². The van der Waals surface area contributed by atoms with E-state index in [1.165, 1.54) is 6.07 Å². The Kier molecular flexibility index (Phi) is 4.89. The van der Waals surface area contributed by atoms with Gasteiger partial charge in [-0.25, -0.2) is 0 Å². The van der Waals surface area contributed by atoms with Crippen molar-refractivity contribution in [3.8, 4) is 0 Å². The first-order chi connectivity index (χ1) is 9.61. The van der Waals surface area contributed by atoms with Gasteiger partial charge in [0.2, 0.25) is 0 Å². The Morgan fingerprint density at radius 3 is 2.50 bits per heavy atom. The number of aliphatic hydroxyl groups is 1. The average molecular weight is 280 g/mol. The third kappa shape index (κ3) is 3.44. The normalized spacial score (nSPS) is 17.2. The zero-order valence-electron chi connectivity index (χ0n) is 11.4. The Morgan fingerprint density at radius 2 is 1.90 bits per heavy atom. The molecule has 110 valence electrons. The molecule has 7 heteroatoms. The van der Waals surface area contributed by atoms with E-state index in [4.69, 9.17) is 10.8 Å². The fourth-order valence-corrected chi connectivity index (χ4v) is 2.45. The molecule has 3 N–H and O–H groups in total. The number of nitrogens with two attached hydrogens (primary N) is 1. The highest BCUT2D eigenvalue weighted by molar-refractivity contribution is 5.62. The van der Waals surface area contributed by atoms with Crippen LogP contribution in [0.3, 0.4) is 0 Å². The summed E-state index contributed by atoms with van der Waals surface area (Å²) in [5.74, 6) is 0. The van der Waals surface area contributed by atoms with Crippen LogP contribution in [0.15, 0.2) is 18.2 Å². The van der Waals surface area contributed by atoms with E-state index < -0.39 is 4.92 Å². The third-order valence-electron chi connectivity index (χ3n) is 3.65. The summed E-state index contributed by atoms with van der Waals surface area (Å²) in [5, 5.41) is 19.8. The van der Waals surface area contributed by atoms with Crippen molar-refractivity contribution in [3.63, 3.8) is 0 Å². The van der Waals surface area contributed by atoms with Crippen LogP contribution < -0.4 is 5.73 Å². The molecule has 1 fully saturated rings. The van der Waals surface area contributed by atoms with Crippen molar-refractivity contribution < 1.29 is 10.0 Å². The van der Waals surface area contributed by atoms with Gasteiger partial charge in [-0.3, -0.25) is 19.9 Å². The van der Waals surface area contributed by atoms with Crippen LogP contribution in [-0.4, -0.2) is 59.2 Å². The second kappa shape index (κ2) is 6.65. The van der Waals surface area contributed by atoms with Crippen molar-refractivity contribution in [2.75, 3.05) is 45.1 Å². The summed E-state index contributed by atoms with van der Waals surface area (Å²) in [6, 6.07) is 4.94. The topological polar surface area (TPSA) is 95.9 Å². The Labute approximate surface area is 117 Å². The van der Waals surface area contributed by atoms with Crippen LogP contribution in [0.4, 0.5) is 11.4 Å². The fourth-order valence-electron chi connectivity index (χ4n) is 2.45. The molecule has 0 spiro atoms. The summed E-state index contributed by atoms with van der Waals surface area (Å²) in [6.45, 7) is 5.06. The summed E-state index contributed by atoms with van der Waals surface area (Å²) in [6.07, 6.45) is 0. The van der Waals surface area contributed by atoms with Gasteiger partial charge >= 0.3 is 0 Å². The predicted octanol–water partition coefficient (Wildman–Crippen LogP) is 0.287. The summed E-state index contributed by atoms with van der Waals surface area (Å²) in [7, 11) is 0. The lowest BCUT2D eigenvalue weighted by Crippen LogP contribution is -2.46. The lowest BCUT2D eigenvalue weighted by atomic mass is 10.1. The Balaban J connectivity index is 1.98. The van der Waals surface area contributed by atoms with Crippen molar-refractivity contribution in [1.29, 1.82) is 0 Å². The minimum absolute atomic E-state index is 0.0265. The number of aliphatic hydroxyl groups excluding tert-OH is 1. The number of nitro groups is 1. The van der Waals surface area contributed by atoms with Gasteiger partial charge in [0.05, 0.1) is 11.5 Å². The van der Waals surface area contributed by atoms with Gasteiger partial charge in [-0.2, -0.15) is 0 Å². The van der Waals surface area contributed by atoms with Gasteiger partial charge in [0.1, 0.15) is 5.69 Å². The van der Waals surface area contributed by atoms with Gasteiger partial charge in [0.15, 0.2) is 0 Å². The molecule has 7 nitrogen and oxygen atoms in total. The van der Waals surface area contributed by atoms with Crippen LogP contribution in [0.25, 0.3) is 0 Å². The number of nitrogens with zero attached hydrogens (tertiary/aromatic N) is 3. The number of rotatable bonds is 5. The van der Waals surface area contributed by atoms with Gasteiger partial charge < -0.3 is 10.8 Å². The lowest BCUT2D eigenvalue weighted by Gasteiger charge is -2.34. The van der Waals surface area contributed by atoms with E-state index in [9.17, 15) is 10.1 Å². The predicted molar refractivity (Wildman–Crippen MR) is 76.3 cm³/mol. The number of nitro benzene ring substituents is 1. The Bertz CT molecular complexity index is 473. The molecule has 0 atom stereocenters. The van der Waals surface area contributed by atoms with Crippen molar-refractivity contribution in [1.82, 2.24) is 9.80 Å². The molecule has 1 aliphatic rings. The standard InChI is InChI=1S/C13H20N4O3/c14-13-11(2-1-3-12(13)17(19)20)10-16-6-4-15(5-7-16)8-9-18/h1-3,18H,4-10,14H2. The van der Waals surface area contributed by atoms with E-state index in [0.717, 1.165) is 31.7 Å². The van der Waals surface area contributed by atoms with Crippen LogP contribution in [0.5, 0.6) is 0 Å². The quantitative estimate of drug-likeness (QED) is 0.457. The first kappa shape index (κ1) is 14.7. The van der Waals surface area contributed by atoms with Crippen LogP contribution in [0.1, 0.15) is 5.56 Å². The molecular weight excluding hydrogens is 260 g/mol. The highest BCUT2D eigenvalue weighted by atomic mass is 16.6. The number of anilines is 1. The number of hydrogen-bond donors (Lipinski definition) is 2. The summed E-state index contributed by atoms with van der Waals surface area (Å²) < 4.78 is 0. The number of benzene rings is 1. The zero-order chi connectivity index (χ0) is 14.5. The van der Waals surface area contributed by atoms with E-state index in [1.807, 2.05) is 6.07 Å². The van der Waals surface area contributed by atoms with E-state index in [-0.39, 0.29) is 18.0 Å². The van der Waals surface area contributed by atoms with Crippen molar-refractivity contribution in [2.24, 2.45) is 0 Å². The highest BCUT2D eigenvalue weighted by Gasteiger charge is 2.19. The molecule has 1 aliphatic heterocycles. The highest BCUT2D eigenvalue weighted by Crippen LogP contribution is 2.26. The van der Waals surface area contributed by atoms with E-state index in [1.54, 1.807) is 6.07 Å². The molecule has 0 aromatic heterocycles. The maximum atomic E-state index is 10.9. The smallest absolute Gasteiger partial charge is 0.292 e. The minimum atomic E-state index is -0.446. The number of β-amino-alcohol motifs (C(OH)–C–C–N with tert-alkyl or cyclic N) is 1. The summed E-state index contributed by atoms with van der Waals surface area (Å²) in [5.41, 5.74) is 6.90. The van der Waals surface area contributed by atoms with Gasteiger partial charge in [-0.05, 0) is 5.56 Å². The van der Waals surface area contributed by atoms with Gasteiger partial charge in [0.25, 0.3) is 5.69 Å². The molecule has 0 radical (unpaired) electrons. The van der Waals surface area contributed by atoms with Gasteiger partial charge in [-0.15, -0.1) is 0 Å². The molecule has 20 heavy (non-hydrogen) atoms. The molecule has 1 aromatic rings. The minimum Gasteiger partial charge on any atom is -0.395 e. The molecule has 1 aromatic carbocycles. The van der Waals surface area contributed by atoms with Crippen molar-refractivity contribution in [3.05, 3.63) is 33.9 Å². The third-order valence-corrected chi connectivity index (χ3v) is 3.65. The molecule has 0 saturated carbocycles. The fraction of sp³-hybridized carbons (Fsp3) is 0.538. The second-order valence-corrected chi connectivity index (χ2v) is 4.95. The van der Waals surface area contributed by atoms with E-state index in [0.29, 0.717) is 13.1 Å².